The quantitative estimate of drug-likeness (QED) is 0.720. The van der Waals surface area contributed by atoms with E-state index >= 15 is 0 Å². The van der Waals surface area contributed by atoms with E-state index < -0.39 is 0 Å². The van der Waals surface area contributed by atoms with Gasteiger partial charge in [-0.15, -0.1) is 0 Å². The summed E-state index contributed by atoms with van der Waals surface area (Å²) in [5.41, 5.74) is 8.96. The van der Waals surface area contributed by atoms with E-state index in [4.69, 9.17) is 15.2 Å². The summed E-state index contributed by atoms with van der Waals surface area (Å²) in [5.74, 6) is 0. The normalized spacial score (nSPS) is 14.4. The molecule has 0 aromatic heterocycles. The van der Waals surface area contributed by atoms with Crippen LogP contribution in [0.3, 0.4) is 0 Å². The second kappa shape index (κ2) is 9.90. The zero-order chi connectivity index (χ0) is 15.7. The summed E-state index contributed by atoms with van der Waals surface area (Å²) < 4.78 is 10.5. The zero-order valence-electron chi connectivity index (χ0n) is 13.8. The average molecular weight is 294 g/mol. The molecule has 0 saturated heterocycles. The number of ether oxygens (including phenoxy) is 2. The molecule has 2 N–H and O–H groups in total. The smallest absolute Gasteiger partial charge is 0.0589 e. The molecule has 1 aromatic carbocycles. The summed E-state index contributed by atoms with van der Waals surface area (Å²) in [5, 5.41) is 0. The van der Waals surface area contributed by atoms with Crippen LogP contribution in [0.15, 0.2) is 24.3 Å². The molecule has 120 valence electrons. The highest BCUT2D eigenvalue weighted by Crippen LogP contribution is 2.25. The first-order valence-electron chi connectivity index (χ1n) is 7.68. The van der Waals surface area contributed by atoms with Gasteiger partial charge in [0.15, 0.2) is 0 Å². The molecule has 0 radical (unpaired) electrons. The Bertz CT molecular complexity index is 390. The molecule has 1 rings (SSSR count). The lowest BCUT2D eigenvalue weighted by atomic mass is 9.95. The van der Waals surface area contributed by atoms with E-state index in [2.05, 4.69) is 43.0 Å². The van der Waals surface area contributed by atoms with Gasteiger partial charge < -0.3 is 15.2 Å². The molecule has 4 heteroatoms. The van der Waals surface area contributed by atoms with Gasteiger partial charge >= 0.3 is 0 Å². The van der Waals surface area contributed by atoms with Crippen molar-refractivity contribution in [3.63, 3.8) is 0 Å². The predicted octanol–water partition coefficient (Wildman–Crippen LogP) is 2.37. The number of aryl methyl sites for hydroxylation is 1. The Labute approximate surface area is 129 Å². The molecule has 4 nitrogen and oxygen atoms in total. The molecule has 0 aliphatic carbocycles. The number of nitrogens with two attached hydrogens (primary N) is 1. The number of hydrogen-bond acceptors (Lipinski definition) is 4. The summed E-state index contributed by atoms with van der Waals surface area (Å²) in [6.45, 7) is 7.36. The van der Waals surface area contributed by atoms with Gasteiger partial charge in [-0.3, -0.25) is 4.90 Å². The minimum absolute atomic E-state index is 0.0977. The Morgan fingerprint density at radius 3 is 2.24 bits per heavy atom. The van der Waals surface area contributed by atoms with Gasteiger partial charge in [0.2, 0.25) is 0 Å². The third-order valence-corrected chi connectivity index (χ3v) is 3.82. The van der Waals surface area contributed by atoms with Crippen LogP contribution in [0.25, 0.3) is 0 Å². The maximum Gasteiger partial charge on any atom is 0.0589 e. The molecule has 0 aliphatic rings. The van der Waals surface area contributed by atoms with Crippen LogP contribution >= 0.6 is 0 Å². The van der Waals surface area contributed by atoms with Crippen molar-refractivity contribution in [1.29, 1.82) is 0 Å². The second-order valence-electron chi connectivity index (χ2n) is 5.45. The highest BCUT2D eigenvalue weighted by atomic mass is 16.5. The molecule has 0 bridgehead atoms. The zero-order valence-corrected chi connectivity index (χ0v) is 13.8. The lowest BCUT2D eigenvalue weighted by Gasteiger charge is -2.35. The summed E-state index contributed by atoms with van der Waals surface area (Å²) in [4.78, 5) is 2.37. The Hall–Kier alpha value is -0.940. The monoisotopic (exact) mass is 294 g/mol. The molecule has 0 fully saturated rings. The van der Waals surface area contributed by atoms with E-state index in [9.17, 15) is 0 Å². The summed E-state index contributed by atoms with van der Waals surface area (Å²) in [6, 6.07) is 8.91. The van der Waals surface area contributed by atoms with Gasteiger partial charge in [0.05, 0.1) is 19.3 Å². The minimum atomic E-state index is 0.0977. The number of benzene rings is 1. The van der Waals surface area contributed by atoms with Crippen LogP contribution in [0.5, 0.6) is 0 Å². The van der Waals surface area contributed by atoms with Crippen LogP contribution in [-0.4, -0.2) is 51.5 Å². The maximum absolute atomic E-state index is 6.42. The number of nitrogens with zero attached hydrogens (tertiary/aromatic N) is 1. The van der Waals surface area contributed by atoms with Crippen LogP contribution in [-0.2, 0) is 9.47 Å². The Morgan fingerprint density at radius 2 is 1.76 bits per heavy atom. The van der Waals surface area contributed by atoms with Gasteiger partial charge in [-0.2, -0.15) is 0 Å². The van der Waals surface area contributed by atoms with E-state index in [0.717, 1.165) is 19.5 Å². The van der Waals surface area contributed by atoms with Gasteiger partial charge in [-0.05, 0) is 18.9 Å². The van der Waals surface area contributed by atoms with E-state index in [1.165, 1.54) is 11.1 Å². The van der Waals surface area contributed by atoms with Crippen molar-refractivity contribution in [2.45, 2.75) is 32.4 Å². The van der Waals surface area contributed by atoms with Crippen LogP contribution in [0.2, 0.25) is 0 Å². The van der Waals surface area contributed by atoms with Gasteiger partial charge in [-0.25, -0.2) is 0 Å². The number of methoxy groups -OCH3 is 2. The van der Waals surface area contributed by atoms with Crippen molar-refractivity contribution in [2.75, 3.05) is 40.5 Å². The summed E-state index contributed by atoms with van der Waals surface area (Å²) in [6.07, 6.45) is 0.940. The van der Waals surface area contributed by atoms with Crippen LogP contribution in [0.1, 0.15) is 30.5 Å². The molecular formula is C17H30N2O2. The topological polar surface area (TPSA) is 47.7 Å². The number of hydrogen-bond donors (Lipinski definition) is 1. The molecule has 2 unspecified atom stereocenters. The number of rotatable bonds is 10. The van der Waals surface area contributed by atoms with Gasteiger partial charge in [-0.1, -0.05) is 36.8 Å². The molecule has 0 amide bonds. The molecule has 1 aromatic rings. The summed E-state index contributed by atoms with van der Waals surface area (Å²) >= 11 is 0. The van der Waals surface area contributed by atoms with Crippen molar-refractivity contribution >= 4 is 0 Å². The van der Waals surface area contributed by atoms with Gasteiger partial charge in [0.1, 0.15) is 0 Å². The molecule has 0 saturated carbocycles. The Balaban J connectivity index is 3.00. The molecule has 0 heterocycles. The van der Waals surface area contributed by atoms with Crippen molar-refractivity contribution in [2.24, 2.45) is 5.73 Å². The molecule has 21 heavy (non-hydrogen) atoms. The summed E-state index contributed by atoms with van der Waals surface area (Å²) in [7, 11) is 3.46. The fourth-order valence-electron chi connectivity index (χ4n) is 2.61. The fraction of sp³-hybridized carbons (Fsp3) is 0.647. The molecule has 2 atom stereocenters. The van der Waals surface area contributed by atoms with E-state index in [0.29, 0.717) is 13.2 Å². The third-order valence-electron chi connectivity index (χ3n) is 3.82. The third kappa shape index (κ3) is 5.75. The first-order chi connectivity index (χ1) is 10.1. The van der Waals surface area contributed by atoms with Crippen LogP contribution < -0.4 is 5.73 Å². The van der Waals surface area contributed by atoms with E-state index in [1.54, 1.807) is 14.2 Å². The van der Waals surface area contributed by atoms with E-state index in [-0.39, 0.29) is 12.1 Å². The first kappa shape index (κ1) is 18.1. The van der Waals surface area contributed by atoms with Crippen molar-refractivity contribution in [3.05, 3.63) is 35.4 Å². The second-order valence-corrected chi connectivity index (χ2v) is 5.45. The van der Waals surface area contributed by atoms with Crippen molar-refractivity contribution < 1.29 is 9.47 Å². The van der Waals surface area contributed by atoms with Crippen molar-refractivity contribution in [1.82, 2.24) is 4.90 Å². The van der Waals surface area contributed by atoms with Gasteiger partial charge in [0, 0.05) is 33.4 Å². The molecule has 0 aliphatic heterocycles. The standard InChI is InChI=1S/C17H30N2O2/c1-5-16(18)17(15-8-6-7-14(2)13-15)19(9-11-20-3)10-12-21-4/h6-8,13,16-17H,5,9-12,18H2,1-4H3. The SMILES string of the molecule is CCC(N)C(c1cccc(C)c1)N(CCOC)CCOC. The fourth-order valence-corrected chi connectivity index (χ4v) is 2.61. The van der Waals surface area contributed by atoms with Gasteiger partial charge in [0.25, 0.3) is 0 Å². The maximum atomic E-state index is 6.42. The average Bonchev–Trinajstić information content (AvgIpc) is 2.49. The minimum Gasteiger partial charge on any atom is -0.383 e. The first-order valence-corrected chi connectivity index (χ1v) is 7.68. The van der Waals surface area contributed by atoms with Crippen LogP contribution in [0, 0.1) is 6.92 Å². The Morgan fingerprint density at radius 1 is 1.14 bits per heavy atom. The van der Waals surface area contributed by atoms with Crippen LogP contribution in [0.4, 0.5) is 0 Å². The lowest BCUT2D eigenvalue weighted by Crippen LogP contribution is -2.43. The van der Waals surface area contributed by atoms with Crippen molar-refractivity contribution in [3.8, 4) is 0 Å². The van der Waals surface area contributed by atoms with E-state index in [1.807, 2.05) is 0 Å². The molecular weight excluding hydrogens is 264 g/mol. The highest BCUT2D eigenvalue weighted by Gasteiger charge is 2.25. The Kier molecular flexibility index (Phi) is 8.54. The largest absolute Gasteiger partial charge is 0.383 e. The lowest BCUT2D eigenvalue weighted by molar-refractivity contribution is 0.0775. The molecule has 0 spiro atoms. The predicted molar refractivity (Wildman–Crippen MR) is 87.5 cm³/mol. The highest BCUT2D eigenvalue weighted by molar-refractivity contribution is 5.26.